The minimum Gasteiger partial charge on any atom is -0.494 e. The molecule has 0 unspecified atom stereocenters. The van der Waals surface area contributed by atoms with Gasteiger partial charge in [-0.2, -0.15) is 0 Å². The van der Waals surface area contributed by atoms with Crippen LogP contribution in [0.25, 0.3) is 0 Å². The van der Waals surface area contributed by atoms with E-state index in [2.05, 4.69) is 162 Å². The maximum Gasteiger partial charge on any atom is 0.212 e. The molecule has 45 heavy (non-hydrogen) atoms. The molecule has 5 heteroatoms. The van der Waals surface area contributed by atoms with Crippen LogP contribution in [0.5, 0.6) is 5.75 Å². The van der Waals surface area contributed by atoms with Gasteiger partial charge in [-0.15, -0.1) is 0 Å². The Kier molecular flexibility index (Phi) is 10.1. The van der Waals surface area contributed by atoms with Crippen molar-refractivity contribution in [3.63, 3.8) is 0 Å². The van der Waals surface area contributed by atoms with E-state index in [9.17, 15) is 0 Å². The summed E-state index contributed by atoms with van der Waals surface area (Å²) >= 11 is 0. The first-order valence-electron chi connectivity index (χ1n) is 16.0. The van der Waals surface area contributed by atoms with Gasteiger partial charge in [0, 0.05) is 12.4 Å². The molecule has 1 fully saturated rings. The van der Waals surface area contributed by atoms with Crippen molar-refractivity contribution in [2.24, 2.45) is 0 Å². The molecule has 7 rings (SSSR count). The molecule has 0 aliphatic heterocycles. The van der Waals surface area contributed by atoms with Crippen molar-refractivity contribution in [3.05, 3.63) is 175 Å². The van der Waals surface area contributed by atoms with E-state index in [0.717, 1.165) is 24.6 Å². The van der Waals surface area contributed by atoms with Gasteiger partial charge < -0.3 is 9.30 Å². The number of imidazole rings is 1. The first-order chi connectivity index (χ1) is 22.3. The number of rotatable bonds is 11. The average molecular weight is 603 g/mol. The van der Waals surface area contributed by atoms with Crippen LogP contribution in [-0.4, -0.2) is 32.4 Å². The lowest BCUT2D eigenvalue weighted by Gasteiger charge is -2.36. The number of benzene rings is 5. The summed E-state index contributed by atoms with van der Waals surface area (Å²) < 4.78 is 8.13. The highest BCUT2D eigenvalue weighted by atomic mass is 28.2. The summed E-state index contributed by atoms with van der Waals surface area (Å²) in [5.41, 5.74) is 5.41. The van der Waals surface area contributed by atoms with Crippen molar-refractivity contribution in [1.29, 1.82) is 0 Å². The van der Waals surface area contributed by atoms with Gasteiger partial charge in [0.1, 0.15) is 15.3 Å². The van der Waals surface area contributed by atoms with E-state index in [1.807, 2.05) is 18.6 Å². The van der Waals surface area contributed by atoms with Crippen molar-refractivity contribution in [3.8, 4) is 5.75 Å². The molecule has 2 radical (unpaired) electrons. The van der Waals surface area contributed by atoms with Gasteiger partial charge in [-0.05, 0) is 29.7 Å². The molecule has 5 aromatic carbocycles. The molecule has 1 aromatic heterocycles. The van der Waals surface area contributed by atoms with Crippen molar-refractivity contribution < 1.29 is 4.74 Å². The number of hydrogen-bond acceptors (Lipinski definition) is 2. The largest absolute Gasteiger partial charge is 0.494 e. The summed E-state index contributed by atoms with van der Waals surface area (Å²) in [6.07, 6.45) is 9.60. The first-order valence-corrected chi connectivity index (χ1v) is 17.0. The standard InChI is InChI=1S/C25H24N2OSi.C15H15B/c1-2-18-28-23-14-9-15-24(19-23)29-25(27-17-16-26-20-27,21-10-5-3-6-11-21)22-12-7-4-8-13-22;1-3-7-13(8-4-1)16(15-11-12-15)14-9-5-2-6-10-14/h3-17,19-20H,2,18H2,1H3;1-10,15H,11-12H2. The smallest absolute Gasteiger partial charge is 0.212 e. The van der Waals surface area contributed by atoms with Crippen molar-refractivity contribution in [2.75, 3.05) is 6.61 Å². The summed E-state index contributed by atoms with van der Waals surface area (Å²) in [6.45, 7) is 3.47. The van der Waals surface area contributed by atoms with Crippen LogP contribution in [0.2, 0.25) is 5.82 Å². The molecule has 1 aliphatic carbocycles. The van der Waals surface area contributed by atoms with Gasteiger partial charge in [0.2, 0.25) is 6.71 Å². The quantitative estimate of drug-likeness (QED) is 0.151. The van der Waals surface area contributed by atoms with Gasteiger partial charge in [-0.1, -0.05) is 175 Å². The minimum atomic E-state index is -0.373. The van der Waals surface area contributed by atoms with E-state index in [-0.39, 0.29) is 5.16 Å². The van der Waals surface area contributed by atoms with Crippen LogP contribution in [0.3, 0.4) is 0 Å². The minimum absolute atomic E-state index is 0.373. The zero-order chi connectivity index (χ0) is 30.7. The Balaban J connectivity index is 0.000000187. The third-order valence-electron chi connectivity index (χ3n) is 8.32. The fraction of sp³-hybridized carbons (Fsp3) is 0.175. The lowest BCUT2D eigenvalue weighted by molar-refractivity contribution is 0.317. The second kappa shape index (κ2) is 14.9. The summed E-state index contributed by atoms with van der Waals surface area (Å²) in [5.74, 6) is 1.79. The summed E-state index contributed by atoms with van der Waals surface area (Å²) in [4.78, 5) is 4.38. The molecule has 0 amide bonds. The van der Waals surface area contributed by atoms with Crippen LogP contribution in [0.1, 0.15) is 37.3 Å². The zero-order valence-corrected chi connectivity index (χ0v) is 26.9. The van der Waals surface area contributed by atoms with Crippen LogP contribution < -0.4 is 20.8 Å². The van der Waals surface area contributed by atoms with Crippen LogP contribution in [0.4, 0.5) is 0 Å². The molecule has 222 valence electrons. The van der Waals surface area contributed by atoms with E-state index in [1.165, 1.54) is 40.1 Å². The third kappa shape index (κ3) is 7.38. The fourth-order valence-electron chi connectivity index (χ4n) is 6.07. The maximum absolute atomic E-state index is 5.90. The molecule has 1 heterocycles. The monoisotopic (exact) mass is 602 g/mol. The van der Waals surface area contributed by atoms with Gasteiger partial charge in [0.05, 0.1) is 18.1 Å². The molecular weight excluding hydrogens is 563 g/mol. The lowest BCUT2D eigenvalue weighted by atomic mass is 9.37. The Labute approximate surface area is 270 Å². The molecule has 0 bridgehead atoms. The predicted molar refractivity (Wildman–Crippen MR) is 190 cm³/mol. The molecular formula is C40H39BN2OSi. The van der Waals surface area contributed by atoms with E-state index >= 15 is 0 Å². The van der Waals surface area contributed by atoms with Gasteiger partial charge in [-0.3, -0.25) is 0 Å². The summed E-state index contributed by atoms with van der Waals surface area (Å²) in [6, 6.07) is 51.7. The third-order valence-corrected chi connectivity index (χ3v) is 10.1. The van der Waals surface area contributed by atoms with Crippen molar-refractivity contribution in [1.82, 2.24) is 9.55 Å². The zero-order valence-electron chi connectivity index (χ0n) is 25.9. The van der Waals surface area contributed by atoms with Gasteiger partial charge in [-0.25, -0.2) is 4.98 Å². The molecule has 6 aromatic rings. The Morgan fingerprint density at radius 2 is 1.29 bits per heavy atom. The highest BCUT2D eigenvalue weighted by molar-refractivity contribution is 6.86. The second-order valence-electron chi connectivity index (χ2n) is 11.6. The number of aromatic nitrogens is 2. The van der Waals surface area contributed by atoms with E-state index < -0.39 is 0 Å². The first kappa shape index (κ1) is 30.4. The maximum atomic E-state index is 5.90. The molecule has 0 N–H and O–H groups in total. The van der Waals surface area contributed by atoms with Crippen LogP contribution in [0, 0.1) is 0 Å². The molecule has 0 atom stereocenters. The topological polar surface area (TPSA) is 27.1 Å². The number of nitrogens with zero attached hydrogens (tertiary/aromatic N) is 2. The Morgan fingerprint density at radius 3 is 1.78 bits per heavy atom. The van der Waals surface area contributed by atoms with Gasteiger partial charge in [0.25, 0.3) is 0 Å². The molecule has 0 spiro atoms. The average Bonchev–Trinajstić information content (AvgIpc) is 3.79. The van der Waals surface area contributed by atoms with Crippen LogP contribution in [-0.2, 0) is 5.16 Å². The molecule has 3 nitrogen and oxygen atoms in total. The van der Waals surface area contributed by atoms with E-state index in [0.29, 0.717) is 16.2 Å². The fourth-order valence-corrected chi connectivity index (χ4v) is 7.76. The predicted octanol–water partition coefficient (Wildman–Crippen LogP) is 6.91. The highest BCUT2D eigenvalue weighted by Crippen LogP contribution is 2.38. The Bertz CT molecular complexity index is 1630. The van der Waals surface area contributed by atoms with Crippen LogP contribution in [0.15, 0.2) is 164 Å². The van der Waals surface area contributed by atoms with Crippen LogP contribution >= 0.6 is 0 Å². The molecule has 1 aliphatic rings. The van der Waals surface area contributed by atoms with Gasteiger partial charge >= 0.3 is 0 Å². The Hall–Kier alpha value is -4.61. The second-order valence-corrected chi connectivity index (χ2v) is 13.1. The normalized spacial score (nSPS) is 12.6. The van der Waals surface area contributed by atoms with Gasteiger partial charge in [0.15, 0.2) is 0 Å². The van der Waals surface area contributed by atoms with Crippen molar-refractivity contribution >= 4 is 32.3 Å². The van der Waals surface area contributed by atoms with E-state index in [1.54, 1.807) is 0 Å². The van der Waals surface area contributed by atoms with Crippen molar-refractivity contribution in [2.45, 2.75) is 37.2 Å². The Morgan fingerprint density at radius 1 is 0.733 bits per heavy atom. The lowest BCUT2D eigenvalue weighted by Crippen LogP contribution is -2.46. The number of hydrogen-bond donors (Lipinski definition) is 0. The highest BCUT2D eigenvalue weighted by Gasteiger charge is 2.37. The van der Waals surface area contributed by atoms with E-state index in [4.69, 9.17) is 4.74 Å². The molecule has 0 saturated heterocycles. The summed E-state index contributed by atoms with van der Waals surface area (Å²) in [7, 11) is 0.460. The SMILES string of the molecule is CCCOc1cccc([Si]C(c2ccccc2)(c2ccccc2)n2ccnc2)c1.c1ccc(B(c2ccccc2)C2CC2)cc1. The summed E-state index contributed by atoms with van der Waals surface area (Å²) in [5, 5.41) is 0.877. The number of ether oxygens (including phenoxy) is 1. The molecule has 1 saturated carbocycles.